The molecule has 0 fully saturated rings. The van der Waals surface area contributed by atoms with Crippen LogP contribution >= 0.6 is 27.3 Å². The number of rotatable bonds is 3. The van der Waals surface area contributed by atoms with Gasteiger partial charge in [0.15, 0.2) is 0 Å². The third-order valence-corrected chi connectivity index (χ3v) is 4.77. The van der Waals surface area contributed by atoms with E-state index < -0.39 is 0 Å². The van der Waals surface area contributed by atoms with Crippen molar-refractivity contribution in [3.63, 3.8) is 0 Å². The topological polar surface area (TPSA) is 38.9 Å². The van der Waals surface area contributed by atoms with Gasteiger partial charge in [0.05, 0.1) is 5.69 Å². The average Bonchev–Trinajstić information content (AvgIpc) is 2.82. The highest BCUT2D eigenvalue weighted by atomic mass is 79.9. The first-order chi connectivity index (χ1) is 8.44. The summed E-state index contributed by atoms with van der Waals surface area (Å²) in [4.78, 5) is 4.74. The van der Waals surface area contributed by atoms with Gasteiger partial charge in [-0.05, 0) is 24.6 Å². The first-order valence-electron chi connectivity index (χ1n) is 5.86. The summed E-state index contributed by atoms with van der Waals surface area (Å²) in [6.45, 7) is 6.97. The molecule has 0 spiro atoms. The van der Waals surface area contributed by atoms with Crippen LogP contribution < -0.4 is 5.73 Å². The number of hydrogen-bond donors (Lipinski definition) is 1. The summed E-state index contributed by atoms with van der Waals surface area (Å²) >= 11 is 5.19. The first-order valence-corrected chi connectivity index (χ1v) is 7.54. The second-order valence-corrected chi connectivity index (χ2v) is 6.86. The zero-order chi connectivity index (χ0) is 13.3. The van der Waals surface area contributed by atoms with Gasteiger partial charge in [-0.2, -0.15) is 0 Å². The molecule has 1 aromatic carbocycles. The maximum atomic E-state index is 5.80. The summed E-state index contributed by atoms with van der Waals surface area (Å²) in [6.07, 6.45) is 0. The molecule has 0 radical (unpaired) electrons. The molecule has 2 N–H and O–H groups in total. The maximum absolute atomic E-state index is 5.80. The van der Waals surface area contributed by atoms with E-state index in [2.05, 4.69) is 60.3 Å². The van der Waals surface area contributed by atoms with E-state index in [1.54, 1.807) is 11.3 Å². The van der Waals surface area contributed by atoms with Crippen molar-refractivity contribution in [3.8, 4) is 11.3 Å². The van der Waals surface area contributed by atoms with E-state index in [0.29, 0.717) is 6.54 Å². The monoisotopic (exact) mass is 324 g/mol. The van der Waals surface area contributed by atoms with Crippen LogP contribution in [0.25, 0.3) is 11.3 Å². The fourth-order valence-corrected chi connectivity index (χ4v) is 2.98. The summed E-state index contributed by atoms with van der Waals surface area (Å²) in [7, 11) is 0. The molecule has 0 amide bonds. The summed E-state index contributed by atoms with van der Waals surface area (Å²) < 4.78 is 1.08. The molecule has 1 aromatic heterocycles. The molecule has 96 valence electrons. The number of nitrogens with zero attached hydrogens (tertiary/aromatic N) is 1. The molecule has 2 rings (SSSR count). The van der Waals surface area contributed by atoms with E-state index in [1.807, 2.05) is 0 Å². The van der Waals surface area contributed by atoms with Crippen LogP contribution in [-0.2, 0) is 5.41 Å². The number of aryl methyl sites for hydroxylation is 1. The minimum atomic E-state index is -0.0527. The number of halogens is 1. The quantitative estimate of drug-likeness (QED) is 0.922. The van der Waals surface area contributed by atoms with Gasteiger partial charge in [-0.25, -0.2) is 4.98 Å². The SMILES string of the molecule is Cc1ccc(Br)cc1-c1csc(C(C)(C)CN)n1. The molecule has 0 saturated carbocycles. The van der Waals surface area contributed by atoms with Crippen LogP contribution in [0.3, 0.4) is 0 Å². The predicted molar refractivity (Wildman–Crippen MR) is 82.1 cm³/mol. The van der Waals surface area contributed by atoms with Crippen molar-refractivity contribution < 1.29 is 0 Å². The molecule has 0 bridgehead atoms. The number of aromatic nitrogens is 1. The van der Waals surface area contributed by atoms with Crippen molar-refractivity contribution >= 4 is 27.3 Å². The highest BCUT2D eigenvalue weighted by Gasteiger charge is 2.23. The van der Waals surface area contributed by atoms with Crippen molar-refractivity contribution in [2.75, 3.05) is 6.54 Å². The third-order valence-electron chi connectivity index (χ3n) is 3.07. The van der Waals surface area contributed by atoms with E-state index in [1.165, 1.54) is 11.1 Å². The van der Waals surface area contributed by atoms with Gasteiger partial charge in [0, 0.05) is 27.4 Å². The smallest absolute Gasteiger partial charge is 0.100 e. The lowest BCUT2D eigenvalue weighted by Crippen LogP contribution is -2.27. The van der Waals surface area contributed by atoms with Crippen molar-refractivity contribution in [2.24, 2.45) is 5.73 Å². The number of benzene rings is 1. The molecule has 4 heteroatoms. The molecular formula is C14H17BrN2S. The summed E-state index contributed by atoms with van der Waals surface area (Å²) in [5, 5.41) is 3.21. The van der Waals surface area contributed by atoms with Gasteiger partial charge < -0.3 is 5.73 Å². The Balaban J connectivity index is 2.44. The molecule has 0 saturated heterocycles. The number of nitrogens with two attached hydrogens (primary N) is 1. The van der Waals surface area contributed by atoms with Gasteiger partial charge in [0.1, 0.15) is 5.01 Å². The van der Waals surface area contributed by atoms with Crippen LogP contribution in [-0.4, -0.2) is 11.5 Å². The number of hydrogen-bond acceptors (Lipinski definition) is 3. The Morgan fingerprint density at radius 1 is 1.39 bits per heavy atom. The first kappa shape index (κ1) is 13.7. The minimum Gasteiger partial charge on any atom is -0.330 e. The summed E-state index contributed by atoms with van der Waals surface area (Å²) in [5.74, 6) is 0. The summed E-state index contributed by atoms with van der Waals surface area (Å²) in [5.41, 5.74) is 9.20. The Morgan fingerprint density at radius 3 is 2.78 bits per heavy atom. The molecule has 0 unspecified atom stereocenters. The molecular weight excluding hydrogens is 308 g/mol. The van der Waals surface area contributed by atoms with Crippen LogP contribution in [0, 0.1) is 6.92 Å². The lowest BCUT2D eigenvalue weighted by Gasteiger charge is -2.18. The van der Waals surface area contributed by atoms with Crippen LogP contribution in [0.1, 0.15) is 24.4 Å². The van der Waals surface area contributed by atoms with E-state index in [-0.39, 0.29) is 5.41 Å². The second-order valence-electron chi connectivity index (χ2n) is 5.09. The zero-order valence-electron chi connectivity index (χ0n) is 10.8. The Kier molecular flexibility index (Phi) is 3.90. The van der Waals surface area contributed by atoms with E-state index in [9.17, 15) is 0 Å². The summed E-state index contributed by atoms with van der Waals surface area (Å²) in [6, 6.07) is 6.27. The van der Waals surface area contributed by atoms with Gasteiger partial charge >= 0.3 is 0 Å². The van der Waals surface area contributed by atoms with Crippen LogP contribution in [0.4, 0.5) is 0 Å². The van der Waals surface area contributed by atoms with Gasteiger partial charge in [-0.15, -0.1) is 11.3 Å². The third kappa shape index (κ3) is 2.66. The van der Waals surface area contributed by atoms with Gasteiger partial charge in [0.2, 0.25) is 0 Å². The Labute approximate surface area is 120 Å². The van der Waals surface area contributed by atoms with E-state index in [0.717, 1.165) is 15.2 Å². The van der Waals surface area contributed by atoms with Crippen LogP contribution in [0.5, 0.6) is 0 Å². The second kappa shape index (κ2) is 5.11. The number of thiazole rings is 1. The predicted octanol–water partition coefficient (Wildman–Crippen LogP) is 4.12. The molecule has 0 aliphatic carbocycles. The molecule has 0 aliphatic heterocycles. The highest BCUT2D eigenvalue weighted by Crippen LogP contribution is 2.32. The largest absolute Gasteiger partial charge is 0.330 e. The van der Waals surface area contributed by atoms with Crippen LogP contribution in [0.2, 0.25) is 0 Å². The Bertz CT molecular complexity index is 561. The molecule has 2 nitrogen and oxygen atoms in total. The van der Waals surface area contributed by atoms with Gasteiger partial charge in [0.25, 0.3) is 0 Å². The fraction of sp³-hybridized carbons (Fsp3) is 0.357. The fourth-order valence-electron chi connectivity index (χ4n) is 1.67. The van der Waals surface area contributed by atoms with Crippen molar-refractivity contribution in [2.45, 2.75) is 26.2 Å². The van der Waals surface area contributed by atoms with Crippen LogP contribution in [0.15, 0.2) is 28.1 Å². The lowest BCUT2D eigenvalue weighted by atomic mass is 9.95. The van der Waals surface area contributed by atoms with Gasteiger partial charge in [-0.3, -0.25) is 0 Å². The average molecular weight is 325 g/mol. The molecule has 0 atom stereocenters. The van der Waals surface area contributed by atoms with Gasteiger partial charge in [-0.1, -0.05) is 35.8 Å². The Hall–Kier alpha value is -0.710. The molecule has 1 heterocycles. The molecule has 0 aliphatic rings. The highest BCUT2D eigenvalue weighted by molar-refractivity contribution is 9.10. The minimum absolute atomic E-state index is 0.0527. The normalized spacial score (nSPS) is 11.8. The zero-order valence-corrected chi connectivity index (χ0v) is 13.2. The van der Waals surface area contributed by atoms with Crippen molar-refractivity contribution in [1.82, 2.24) is 4.98 Å². The Morgan fingerprint density at radius 2 is 2.11 bits per heavy atom. The van der Waals surface area contributed by atoms with E-state index in [4.69, 9.17) is 10.7 Å². The van der Waals surface area contributed by atoms with Crippen molar-refractivity contribution in [3.05, 3.63) is 38.6 Å². The van der Waals surface area contributed by atoms with Crippen molar-refractivity contribution in [1.29, 1.82) is 0 Å². The standard InChI is InChI=1S/C14H17BrN2S/c1-9-4-5-10(15)6-11(9)12-7-18-13(17-12)14(2,3)8-16/h4-7H,8,16H2,1-3H3. The molecule has 18 heavy (non-hydrogen) atoms. The van der Waals surface area contributed by atoms with E-state index >= 15 is 0 Å². The molecule has 2 aromatic rings. The lowest BCUT2D eigenvalue weighted by molar-refractivity contribution is 0.536. The maximum Gasteiger partial charge on any atom is 0.100 e.